The van der Waals surface area contributed by atoms with Crippen LogP contribution in [0, 0.1) is 0 Å². The fourth-order valence-electron chi connectivity index (χ4n) is 2.85. The number of nitrogens with one attached hydrogen (secondary N) is 2. The lowest BCUT2D eigenvalue weighted by molar-refractivity contribution is 0.145. The summed E-state index contributed by atoms with van der Waals surface area (Å²) >= 11 is 0. The number of guanidine groups is 1. The van der Waals surface area contributed by atoms with Crippen molar-refractivity contribution in [2.75, 3.05) is 26.3 Å². The number of hydrogen-bond acceptors (Lipinski definition) is 4. The Morgan fingerprint density at radius 2 is 2.12 bits per heavy atom. The molecule has 25 heavy (non-hydrogen) atoms. The Bertz CT molecular complexity index is 516. The molecule has 1 saturated carbocycles. The topological polar surface area (TPSA) is 67.8 Å². The van der Waals surface area contributed by atoms with E-state index in [-0.39, 0.29) is 0 Å². The zero-order chi connectivity index (χ0) is 17.7. The van der Waals surface area contributed by atoms with Crippen molar-refractivity contribution >= 4 is 5.96 Å². The predicted octanol–water partition coefficient (Wildman–Crippen LogP) is 2.88. The molecule has 0 unspecified atom stereocenters. The maximum absolute atomic E-state index is 6.09. The molecule has 0 bridgehead atoms. The molecule has 1 aliphatic rings. The summed E-state index contributed by atoms with van der Waals surface area (Å²) in [7, 11) is 0. The van der Waals surface area contributed by atoms with Crippen LogP contribution in [0.2, 0.25) is 0 Å². The number of aromatic nitrogens is 1. The van der Waals surface area contributed by atoms with Gasteiger partial charge >= 0.3 is 0 Å². The highest BCUT2D eigenvalue weighted by Gasteiger charge is 2.18. The number of nitrogens with zero attached hydrogens (tertiary/aromatic N) is 2. The van der Waals surface area contributed by atoms with E-state index in [2.05, 4.69) is 27.5 Å². The van der Waals surface area contributed by atoms with Crippen LogP contribution in [-0.2, 0) is 11.3 Å². The van der Waals surface area contributed by atoms with Gasteiger partial charge in [-0.15, -0.1) is 0 Å². The molecule has 1 aromatic rings. The van der Waals surface area contributed by atoms with E-state index in [1.807, 2.05) is 19.1 Å². The molecular formula is C19H32N4O2. The predicted molar refractivity (Wildman–Crippen MR) is 101 cm³/mol. The van der Waals surface area contributed by atoms with Crippen LogP contribution in [0.15, 0.2) is 23.3 Å². The van der Waals surface area contributed by atoms with Gasteiger partial charge in [0.1, 0.15) is 6.10 Å². The molecule has 6 nitrogen and oxygen atoms in total. The fraction of sp³-hybridized carbons (Fsp3) is 0.684. The molecule has 0 atom stereocenters. The molecule has 2 N–H and O–H groups in total. The molecule has 0 aromatic carbocycles. The first kappa shape index (κ1) is 19.5. The Morgan fingerprint density at radius 1 is 1.28 bits per heavy atom. The maximum Gasteiger partial charge on any atom is 0.218 e. The Morgan fingerprint density at radius 3 is 2.88 bits per heavy atom. The van der Waals surface area contributed by atoms with Crippen LogP contribution in [0.25, 0.3) is 0 Å². The van der Waals surface area contributed by atoms with Gasteiger partial charge in [0.05, 0.1) is 6.54 Å². The Balaban J connectivity index is 1.89. The van der Waals surface area contributed by atoms with Gasteiger partial charge in [-0.1, -0.05) is 6.07 Å². The summed E-state index contributed by atoms with van der Waals surface area (Å²) in [5, 5.41) is 6.61. The van der Waals surface area contributed by atoms with Gasteiger partial charge in [-0.05, 0) is 52.0 Å². The van der Waals surface area contributed by atoms with Crippen molar-refractivity contribution in [2.45, 2.75) is 58.6 Å². The molecule has 6 heteroatoms. The van der Waals surface area contributed by atoms with E-state index in [0.29, 0.717) is 12.6 Å². The summed E-state index contributed by atoms with van der Waals surface area (Å²) in [6.07, 6.45) is 7.81. The summed E-state index contributed by atoms with van der Waals surface area (Å²) in [5.74, 6) is 1.54. The summed E-state index contributed by atoms with van der Waals surface area (Å²) < 4.78 is 11.4. The number of rotatable bonds is 10. The highest BCUT2D eigenvalue weighted by atomic mass is 16.5. The molecule has 1 aliphatic carbocycles. The minimum Gasteiger partial charge on any atom is -0.474 e. The van der Waals surface area contributed by atoms with E-state index < -0.39 is 0 Å². The number of hydrogen-bond donors (Lipinski definition) is 2. The van der Waals surface area contributed by atoms with Gasteiger partial charge in [0, 0.05) is 38.1 Å². The minimum absolute atomic E-state index is 0.308. The third-order valence-corrected chi connectivity index (χ3v) is 4.14. The first-order chi connectivity index (χ1) is 12.3. The second-order valence-electron chi connectivity index (χ2n) is 6.16. The van der Waals surface area contributed by atoms with Crippen LogP contribution in [-0.4, -0.2) is 43.4 Å². The van der Waals surface area contributed by atoms with E-state index in [9.17, 15) is 0 Å². The first-order valence-electron chi connectivity index (χ1n) is 9.54. The number of pyridine rings is 1. The molecule has 0 spiro atoms. The Hall–Kier alpha value is -1.82. The van der Waals surface area contributed by atoms with Gasteiger partial charge in [0.15, 0.2) is 5.96 Å². The molecule has 1 heterocycles. The van der Waals surface area contributed by atoms with Gasteiger partial charge in [-0.3, -0.25) is 0 Å². The molecule has 1 aromatic heterocycles. The Labute approximate surface area is 151 Å². The summed E-state index contributed by atoms with van der Waals surface area (Å²) in [6, 6.07) is 3.98. The van der Waals surface area contributed by atoms with Crippen molar-refractivity contribution in [3.8, 4) is 5.88 Å². The molecule has 140 valence electrons. The van der Waals surface area contributed by atoms with Gasteiger partial charge in [0.2, 0.25) is 5.88 Å². The van der Waals surface area contributed by atoms with E-state index in [4.69, 9.17) is 9.47 Å². The van der Waals surface area contributed by atoms with Gasteiger partial charge in [-0.25, -0.2) is 9.98 Å². The molecule has 2 rings (SSSR count). The van der Waals surface area contributed by atoms with Gasteiger partial charge in [-0.2, -0.15) is 0 Å². The standard InChI is InChI=1S/C19H32N4O2/c1-3-20-19(22-13-8-14-24-4-2)23-15-16-9-7-12-21-18(16)25-17-10-5-6-11-17/h7,9,12,17H,3-6,8,10-11,13-15H2,1-2H3,(H2,20,22,23). The second kappa shape index (κ2) is 11.7. The summed E-state index contributed by atoms with van der Waals surface area (Å²) in [4.78, 5) is 9.08. The lowest BCUT2D eigenvalue weighted by atomic mass is 10.2. The smallest absolute Gasteiger partial charge is 0.218 e. The third-order valence-electron chi connectivity index (χ3n) is 4.14. The number of ether oxygens (including phenoxy) is 2. The second-order valence-corrected chi connectivity index (χ2v) is 6.16. The molecular weight excluding hydrogens is 316 g/mol. The average Bonchev–Trinajstić information content (AvgIpc) is 3.13. The number of aliphatic imine (C=N–C) groups is 1. The van der Waals surface area contributed by atoms with Crippen molar-refractivity contribution in [2.24, 2.45) is 4.99 Å². The van der Waals surface area contributed by atoms with Crippen LogP contribution >= 0.6 is 0 Å². The van der Waals surface area contributed by atoms with E-state index in [1.165, 1.54) is 12.8 Å². The van der Waals surface area contributed by atoms with Crippen LogP contribution in [0.5, 0.6) is 5.88 Å². The lowest BCUT2D eigenvalue weighted by Gasteiger charge is -2.15. The fourth-order valence-corrected chi connectivity index (χ4v) is 2.85. The van der Waals surface area contributed by atoms with E-state index >= 15 is 0 Å². The highest BCUT2D eigenvalue weighted by molar-refractivity contribution is 5.79. The normalized spacial score (nSPS) is 15.4. The lowest BCUT2D eigenvalue weighted by Crippen LogP contribution is -2.38. The quantitative estimate of drug-likeness (QED) is 0.387. The largest absolute Gasteiger partial charge is 0.474 e. The zero-order valence-corrected chi connectivity index (χ0v) is 15.6. The molecule has 0 radical (unpaired) electrons. The molecule has 0 amide bonds. The van der Waals surface area contributed by atoms with Crippen LogP contribution < -0.4 is 15.4 Å². The maximum atomic E-state index is 6.09. The van der Waals surface area contributed by atoms with Crippen molar-refractivity contribution in [3.05, 3.63) is 23.9 Å². The average molecular weight is 348 g/mol. The minimum atomic E-state index is 0.308. The van der Waals surface area contributed by atoms with Crippen LogP contribution in [0.4, 0.5) is 0 Å². The van der Waals surface area contributed by atoms with Gasteiger partial charge in [0.25, 0.3) is 0 Å². The third kappa shape index (κ3) is 7.30. The highest BCUT2D eigenvalue weighted by Crippen LogP contribution is 2.25. The van der Waals surface area contributed by atoms with Crippen molar-refractivity contribution in [1.29, 1.82) is 0 Å². The summed E-state index contributed by atoms with van der Waals surface area (Å²) in [5.41, 5.74) is 1.03. The van der Waals surface area contributed by atoms with Crippen molar-refractivity contribution in [1.82, 2.24) is 15.6 Å². The van der Waals surface area contributed by atoms with Crippen LogP contribution in [0.1, 0.15) is 51.5 Å². The molecule has 0 aliphatic heterocycles. The van der Waals surface area contributed by atoms with Crippen molar-refractivity contribution in [3.63, 3.8) is 0 Å². The van der Waals surface area contributed by atoms with Crippen LogP contribution in [0.3, 0.4) is 0 Å². The van der Waals surface area contributed by atoms with Gasteiger partial charge < -0.3 is 20.1 Å². The van der Waals surface area contributed by atoms with E-state index in [0.717, 1.165) is 63.0 Å². The first-order valence-corrected chi connectivity index (χ1v) is 9.54. The SMILES string of the molecule is CCNC(=NCc1cccnc1OC1CCCC1)NCCCOCC. The monoisotopic (exact) mass is 348 g/mol. The molecule has 0 saturated heterocycles. The van der Waals surface area contributed by atoms with Crippen molar-refractivity contribution < 1.29 is 9.47 Å². The Kier molecular flexibility index (Phi) is 9.12. The molecule has 1 fully saturated rings. The van der Waals surface area contributed by atoms with E-state index in [1.54, 1.807) is 6.20 Å². The summed E-state index contributed by atoms with van der Waals surface area (Å²) in [6.45, 7) is 7.83. The zero-order valence-electron chi connectivity index (χ0n) is 15.6.